The highest BCUT2D eigenvalue weighted by molar-refractivity contribution is 5.28. The summed E-state index contributed by atoms with van der Waals surface area (Å²) in [4.78, 5) is 4.70. The van der Waals surface area contributed by atoms with Crippen molar-refractivity contribution in [2.45, 2.75) is 24.8 Å². The molecule has 0 atom stereocenters. The maximum atomic E-state index is 5.67. The van der Waals surface area contributed by atoms with Gasteiger partial charge in [0.25, 0.3) is 5.89 Å². The molecule has 0 bridgehead atoms. The van der Waals surface area contributed by atoms with Gasteiger partial charge in [0.15, 0.2) is 5.82 Å². The summed E-state index contributed by atoms with van der Waals surface area (Å²) in [5.74, 6) is 2.16. The molecule has 1 N–H and O–H groups in total. The number of nitrogens with zero attached hydrogens (tertiary/aromatic N) is 4. The van der Waals surface area contributed by atoms with Crippen LogP contribution in [0.3, 0.4) is 0 Å². The van der Waals surface area contributed by atoms with Crippen molar-refractivity contribution in [3.63, 3.8) is 0 Å². The molecule has 7 heteroatoms. The second-order valence-electron chi connectivity index (χ2n) is 6.27. The second kappa shape index (κ2) is 6.68. The molecule has 0 unspecified atom stereocenters. The van der Waals surface area contributed by atoms with E-state index in [1.54, 1.807) is 13.3 Å². The van der Waals surface area contributed by atoms with Crippen molar-refractivity contribution in [2.75, 3.05) is 20.2 Å². The van der Waals surface area contributed by atoms with E-state index >= 15 is 0 Å². The zero-order valence-corrected chi connectivity index (χ0v) is 14.2. The zero-order chi connectivity index (χ0) is 17.1. The Hall–Kier alpha value is -2.67. The van der Waals surface area contributed by atoms with Gasteiger partial charge in [0.05, 0.1) is 7.11 Å². The summed E-state index contributed by atoms with van der Waals surface area (Å²) in [6, 6.07) is 9.84. The fourth-order valence-electron chi connectivity index (χ4n) is 3.34. The third kappa shape index (κ3) is 3.02. The Morgan fingerprint density at radius 3 is 2.72 bits per heavy atom. The Morgan fingerprint density at radius 1 is 1.24 bits per heavy atom. The molecule has 2 aromatic heterocycles. The first-order valence-electron chi connectivity index (χ1n) is 8.47. The van der Waals surface area contributed by atoms with Crippen molar-refractivity contribution in [1.29, 1.82) is 0 Å². The van der Waals surface area contributed by atoms with Gasteiger partial charge in [-0.2, -0.15) is 10.1 Å². The predicted octanol–water partition coefficient (Wildman–Crippen LogP) is 1.99. The smallest absolute Gasteiger partial charge is 0.254 e. The molecule has 1 aliphatic heterocycles. The van der Waals surface area contributed by atoms with E-state index in [2.05, 4.69) is 15.6 Å². The third-order valence-electron chi connectivity index (χ3n) is 4.76. The molecule has 0 spiro atoms. The largest absolute Gasteiger partial charge is 0.497 e. The second-order valence-corrected chi connectivity index (χ2v) is 6.27. The van der Waals surface area contributed by atoms with Crippen LogP contribution in [0.15, 0.2) is 47.2 Å². The van der Waals surface area contributed by atoms with Gasteiger partial charge in [-0.15, -0.1) is 0 Å². The Labute approximate surface area is 146 Å². The summed E-state index contributed by atoms with van der Waals surface area (Å²) in [5, 5.41) is 12.0. The van der Waals surface area contributed by atoms with Gasteiger partial charge in [-0.05, 0) is 49.7 Å². The SMILES string of the molecule is COc1ccc(Cc2noc(C3(n4cccn4)CCNCC3)n2)cc1. The first-order chi connectivity index (χ1) is 12.3. The average Bonchev–Trinajstić information content (AvgIpc) is 3.36. The number of methoxy groups -OCH3 is 1. The van der Waals surface area contributed by atoms with E-state index in [-0.39, 0.29) is 5.54 Å². The first-order valence-corrected chi connectivity index (χ1v) is 8.47. The van der Waals surface area contributed by atoms with E-state index in [9.17, 15) is 0 Å². The lowest BCUT2D eigenvalue weighted by molar-refractivity contribution is 0.172. The van der Waals surface area contributed by atoms with Crippen LogP contribution in [0.25, 0.3) is 0 Å². The Balaban J connectivity index is 1.60. The van der Waals surface area contributed by atoms with Crippen LogP contribution in [0, 0.1) is 0 Å². The minimum absolute atomic E-state index is 0.361. The summed E-state index contributed by atoms with van der Waals surface area (Å²) < 4.78 is 12.8. The topological polar surface area (TPSA) is 78.0 Å². The van der Waals surface area contributed by atoms with Crippen molar-refractivity contribution in [1.82, 2.24) is 25.2 Å². The molecule has 0 radical (unpaired) electrons. The highest BCUT2D eigenvalue weighted by atomic mass is 16.5. The van der Waals surface area contributed by atoms with Crippen molar-refractivity contribution in [2.24, 2.45) is 0 Å². The van der Waals surface area contributed by atoms with Gasteiger partial charge in [0.1, 0.15) is 11.3 Å². The van der Waals surface area contributed by atoms with E-state index in [1.807, 2.05) is 41.2 Å². The predicted molar refractivity (Wildman–Crippen MR) is 91.5 cm³/mol. The van der Waals surface area contributed by atoms with E-state index in [0.717, 1.165) is 37.2 Å². The molecule has 0 saturated carbocycles. The third-order valence-corrected chi connectivity index (χ3v) is 4.76. The molecule has 1 aliphatic rings. The maximum absolute atomic E-state index is 5.67. The number of hydrogen-bond acceptors (Lipinski definition) is 6. The van der Waals surface area contributed by atoms with Gasteiger partial charge in [0.2, 0.25) is 0 Å². The number of aromatic nitrogens is 4. The molecule has 3 aromatic rings. The molecule has 7 nitrogen and oxygen atoms in total. The number of rotatable bonds is 5. The van der Waals surface area contributed by atoms with Crippen molar-refractivity contribution in [3.05, 3.63) is 60.0 Å². The molecule has 1 fully saturated rings. The van der Waals surface area contributed by atoms with Crippen LogP contribution in [0.2, 0.25) is 0 Å². The molecule has 0 amide bonds. The molecule has 3 heterocycles. The lowest BCUT2D eigenvalue weighted by Gasteiger charge is -2.34. The molecule has 1 aromatic carbocycles. The van der Waals surface area contributed by atoms with E-state index in [1.165, 1.54) is 0 Å². The van der Waals surface area contributed by atoms with Gasteiger partial charge in [0, 0.05) is 18.8 Å². The van der Waals surface area contributed by atoms with Crippen molar-refractivity contribution in [3.8, 4) is 5.75 Å². The van der Waals surface area contributed by atoms with Crippen molar-refractivity contribution < 1.29 is 9.26 Å². The minimum Gasteiger partial charge on any atom is -0.497 e. The van der Waals surface area contributed by atoms with Crippen LogP contribution in [0.5, 0.6) is 5.75 Å². The van der Waals surface area contributed by atoms with Crippen LogP contribution >= 0.6 is 0 Å². The standard InChI is InChI=1S/C18H21N5O2/c1-24-15-5-3-14(4-6-15)13-16-21-17(25-22-16)18(7-10-19-11-8-18)23-12-2-9-20-23/h2-6,9,12,19H,7-8,10-11,13H2,1H3. The Morgan fingerprint density at radius 2 is 2.04 bits per heavy atom. The average molecular weight is 339 g/mol. The highest BCUT2D eigenvalue weighted by Gasteiger charge is 2.41. The molecule has 1 saturated heterocycles. The molecule has 130 valence electrons. The Bertz CT molecular complexity index is 804. The monoisotopic (exact) mass is 339 g/mol. The Kier molecular flexibility index (Phi) is 4.23. The number of hydrogen-bond donors (Lipinski definition) is 1. The quantitative estimate of drug-likeness (QED) is 0.766. The zero-order valence-electron chi connectivity index (χ0n) is 14.2. The lowest BCUT2D eigenvalue weighted by atomic mass is 9.88. The number of benzene rings is 1. The van der Waals surface area contributed by atoms with Crippen LogP contribution in [-0.2, 0) is 12.0 Å². The summed E-state index contributed by atoms with van der Waals surface area (Å²) in [6.45, 7) is 1.80. The molecule has 0 aliphatic carbocycles. The van der Waals surface area contributed by atoms with E-state index in [4.69, 9.17) is 14.2 Å². The van der Waals surface area contributed by atoms with Crippen LogP contribution < -0.4 is 10.1 Å². The van der Waals surface area contributed by atoms with Gasteiger partial charge in [-0.25, -0.2) is 0 Å². The highest BCUT2D eigenvalue weighted by Crippen LogP contribution is 2.33. The number of ether oxygens (including phenoxy) is 1. The molecular weight excluding hydrogens is 318 g/mol. The summed E-state index contributed by atoms with van der Waals surface area (Å²) >= 11 is 0. The maximum Gasteiger partial charge on any atom is 0.254 e. The molecule has 25 heavy (non-hydrogen) atoms. The van der Waals surface area contributed by atoms with Gasteiger partial charge >= 0.3 is 0 Å². The molecular formula is C18H21N5O2. The van der Waals surface area contributed by atoms with Gasteiger partial charge < -0.3 is 14.6 Å². The molecule has 4 rings (SSSR count). The van der Waals surface area contributed by atoms with Crippen molar-refractivity contribution >= 4 is 0 Å². The lowest BCUT2D eigenvalue weighted by Crippen LogP contribution is -2.45. The van der Waals surface area contributed by atoms with Gasteiger partial charge in [-0.3, -0.25) is 4.68 Å². The first kappa shape index (κ1) is 15.8. The fourth-order valence-corrected chi connectivity index (χ4v) is 3.34. The normalized spacial score (nSPS) is 16.7. The number of nitrogens with one attached hydrogen (secondary N) is 1. The van der Waals surface area contributed by atoms with Crippen LogP contribution in [0.1, 0.15) is 30.1 Å². The number of piperidine rings is 1. The van der Waals surface area contributed by atoms with Gasteiger partial charge in [-0.1, -0.05) is 17.3 Å². The van der Waals surface area contributed by atoms with Crippen LogP contribution in [-0.4, -0.2) is 40.1 Å². The summed E-state index contributed by atoms with van der Waals surface area (Å²) in [6.07, 6.45) is 6.13. The van der Waals surface area contributed by atoms with E-state index in [0.29, 0.717) is 18.1 Å². The summed E-state index contributed by atoms with van der Waals surface area (Å²) in [7, 11) is 1.66. The fraction of sp³-hybridized carbons (Fsp3) is 0.389. The van der Waals surface area contributed by atoms with E-state index < -0.39 is 0 Å². The van der Waals surface area contributed by atoms with Crippen LogP contribution in [0.4, 0.5) is 0 Å². The minimum atomic E-state index is -0.361. The summed E-state index contributed by atoms with van der Waals surface area (Å²) in [5.41, 5.74) is 0.756.